The first-order valence-electron chi connectivity index (χ1n) is 6.68. The normalized spacial score (nSPS) is 10.6. The summed E-state index contributed by atoms with van der Waals surface area (Å²) in [6, 6.07) is 8.31. The summed E-state index contributed by atoms with van der Waals surface area (Å²) in [7, 11) is 0. The Labute approximate surface area is 118 Å². The van der Waals surface area contributed by atoms with Crippen LogP contribution in [0.1, 0.15) is 30.2 Å². The van der Waals surface area contributed by atoms with Gasteiger partial charge in [-0.15, -0.1) is 11.3 Å². The zero-order chi connectivity index (χ0) is 13.3. The predicted octanol–water partition coefficient (Wildman–Crippen LogP) is 3.61. The van der Waals surface area contributed by atoms with E-state index in [1.165, 1.54) is 16.9 Å². The second-order valence-electron chi connectivity index (χ2n) is 4.42. The Morgan fingerprint density at radius 1 is 1.21 bits per heavy atom. The van der Waals surface area contributed by atoms with Gasteiger partial charge < -0.3 is 10.1 Å². The first-order valence-corrected chi connectivity index (χ1v) is 7.56. The van der Waals surface area contributed by atoms with Crippen molar-refractivity contribution in [3.63, 3.8) is 0 Å². The van der Waals surface area contributed by atoms with E-state index in [2.05, 4.69) is 29.4 Å². The van der Waals surface area contributed by atoms with Crippen molar-refractivity contribution in [3.05, 3.63) is 46.4 Å². The maximum atomic E-state index is 5.64. The van der Waals surface area contributed by atoms with Crippen LogP contribution >= 0.6 is 11.3 Å². The van der Waals surface area contributed by atoms with Gasteiger partial charge in [-0.25, -0.2) is 0 Å². The third kappa shape index (κ3) is 5.01. The molecular formula is C15H20N2OS. The number of ether oxygens (including phenoxy) is 1. The van der Waals surface area contributed by atoms with Crippen LogP contribution in [0.5, 0.6) is 5.75 Å². The fourth-order valence-electron chi connectivity index (χ4n) is 1.70. The lowest BCUT2D eigenvalue weighted by Gasteiger charge is -2.07. The van der Waals surface area contributed by atoms with E-state index >= 15 is 0 Å². The van der Waals surface area contributed by atoms with E-state index in [1.54, 1.807) is 11.3 Å². The van der Waals surface area contributed by atoms with Crippen LogP contribution < -0.4 is 10.1 Å². The summed E-state index contributed by atoms with van der Waals surface area (Å²) in [5.41, 5.74) is 3.13. The lowest BCUT2D eigenvalue weighted by atomic mass is 10.2. The fourth-order valence-corrected chi connectivity index (χ4v) is 2.26. The maximum Gasteiger partial charge on any atom is 0.119 e. The molecule has 0 saturated heterocycles. The molecule has 2 aromatic rings. The number of unbranched alkanes of at least 4 members (excludes halogenated alkanes) is 1. The molecule has 3 nitrogen and oxygen atoms in total. The molecule has 0 aliphatic heterocycles. The minimum atomic E-state index is 0.805. The smallest absolute Gasteiger partial charge is 0.119 e. The minimum Gasteiger partial charge on any atom is -0.494 e. The molecule has 0 saturated carbocycles. The molecule has 0 unspecified atom stereocenters. The topological polar surface area (TPSA) is 34.1 Å². The van der Waals surface area contributed by atoms with E-state index in [0.717, 1.165) is 31.9 Å². The van der Waals surface area contributed by atoms with E-state index in [0.29, 0.717) is 0 Å². The van der Waals surface area contributed by atoms with Crippen molar-refractivity contribution in [2.24, 2.45) is 0 Å². The Balaban J connectivity index is 1.72. The fraction of sp³-hybridized carbons (Fsp3) is 0.400. The summed E-state index contributed by atoms with van der Waals surface area (Å²) in [6.07, 6.45) is 4.18. The standard InChI is InChI=1S/C15H20N2OS/c1-2-3-8-18-14-6-4-13(5-7-14)9-16-10-15-11-17-12-19-15/h4-7,11-12,16H,2-3,8-10H2,1H3. The largest absolute Gasteiger partial charge is 0.494 e. The van der Waals surface area contributed by atoms with Crippen LogP contribution in [-0.4, -0.2) is 11.6 Å². The van der Waals surface area contributed by atoms with Crippen molar-refractivity contribution in [1.82, 2.24) is 10.3 Å². The monoisotopic (exact) mass is 276 g/mol. The third-order valence-electron chi connectivity index (χ3n) is 2.80. The molecule has 19 heavy (non-hydrogen) atoms. The van der Waals surface area contributed by atoms with Gasteiger partial charge in [0.2, 0.25) is 0 Å². The molecule has 0 aliphatic carbocycles. The van der Waals surface area contributed by atoms with Gasteiger partial charge in [-0.2, -0.15) is 0 Å². The molecule has 4 heteroatoms. The SMILES string of the molecule is CCCCOc1ccc(CNCc2cncs2)cc1. The summed E-state index contributed by atoms with van der Waals surface area (Å²) in [4.78, 5) is 5.32. The molecule has 0 fully saturated rings. The zero-order valence-electron chi connectivity index (χ0n) is 11.3. The zero-order valence-corrected chi connectivity index (χ0v) is 12.1. The second kappa shape index (κ2) is 7.92. The first kappa shape index (κ1) is 14.0. The second-order valence-corrected chi connectivity index (χ2v) is 5.39. The van der Waals surface area contributed by atoms with Gasteiger partial charge in [0.25, 0.3) is 0 Å². The van der Waals surface area contributed by atoms with E-state index in [9.17, 15) is 0 Å². The molecule has 0 amide bonds. The van der Waals surface area contributed by atoms with Gasteiger partial charge >= 0.3 is 0 Å². The van der Waals surface area contributed by atoms with Crippen LogP contribution in [0, 0.1) is 0 Å². The van der Waals surface area contributed by atoms with Gasteiger partial charge in [-0.05, 0) is 24.1 Å². The molecule has 1 heterocycles. The first-order chi connectivity index (χ1) is 9.38. The minimum absolute atomic E-state index is 0.805. The Bertz CT molecular complexity index is 454. The van der Waals surface area contributed by atoms with Crippen LogP contribution in [0.3, 0.4) is 0 Å². The lowest BCUT2D eigenvalue weighted by Crippen LogP contribution is -2.11. The number of thiazole rings is 1. The number of aromatic nitrogens is 1. The molecular weight excluding hydrogens is 256 g/mol. The average Bonchev–Trinajstić information content (AvgIpc) is 2.94. The summed E-state index contributed by atoms with van der Waals surface area (Å²) in [5, 5.41) is 3.41. The number of nitrogens with one attached hydrogen (secondary N) is 1. The van der Waals surface area contributed by atoms with Crippen molar-refractivity contribution >= 4 is 11.3 Å². The van der Waals surface area contributed by atoms with Crippen molar-refractivity contribution in [1.29, 1.82) is 0 Å². The van der Waals surface area contributed by atoms with Gasteiger partial charge in [0.05, 0.1) is 12.1 Å². The molecule has 102 valence electrons. The summed E-state index contributed by atoms with van der Waals surface area (Å²) in [5.74, 6) is 0.958. The van der Waals surface area contributed by atoms with Crippen LogP contribution in [0.25, 0.3) is 0 Å². The quantitative estimate of drug-likeness (QED) is 0.748. The number of nitrogens with zero attached hydrogens (tertiary/aromatic N) is 1. The highest BCUT2D eigenvalue weighted by molar-refractivity contribution is 7.09. The molecule has 1 aromatic heterocycles. The molecule has 0 bridgehead atoms. The molecule has 0 spiro atoms. The maximum absolute atomic E-state index is 5.64. The van der Waals surface area contributed by atoms with Crippen molar-refractivity contribution in [2.75, 3.05) is 6.61 Å². The van der Waals surface area contributed by atoms with Gasteiger partial charge in [0, 0.05) is 24.2 Å². The number of benzene rings is 1. The lowest BCUT2D eigenvalue weighted by molar-refractivity contribution is 0.309. The Kier molecular flexibility index (Phi) is 5.85. The Morgan fingerprint density at radius 2 is 2.05 bits per heavy atom. The van der Waals surface area contributed by atoms with Gasteiger partial charge in [-0.1, -0.05) is 25.5 Å². The molecule has 1 aromatic carbocycles. The number of rotatable bonds is 8. The van der Waals surface area contributed by atoms with Crippen molar-refractivity contribution < 1.29 is 4.74 Å². The summed E-state index contributed by atoms with van der Waals surface area (Å²) in [6.45, 7) is 4.72. The highest BCUT2D eigenvalue weighted by Gasteiger charge is 1.97. The number of hydrogen-bond donors (Lipinski definition) is 1. The van der Waals surface area contributed by atoms with E-state index in [4.69, 9.17) is 4.74 Å². The van der Waals surface area contributed by atoms with Crippen LogP contribution in [0.15, 0.2) is 36.0 Å². The van der Waals surface area contributed by atoms with Gasteiger partial charge in [-0.3, -0.25) is 4.98 Å². The highest BCUT2D eigenvalue weighted by atomic mass is 32.1. The molecule has 0 aliphatic rings. The number of hydrogen-bond acceptors (Lipinski definition) is 4. The van der Waals surface area contributed by atoms with Gasteiger partial charge in [0.1, 0.15) is 5.75 Å². The molecule has 0 atom stereocenters. The third-order valence-corrected chi connectivity index (χ3v) is 3.58. The summed E-state index contributed by atoms with van der Waals surface area (Å²) < 4.78 is 5.64. The van der Waals surface area contributed by atoms with Gasteiger partial charge in [0.15, 0.2) is 0 Å². The van der Waals surface area contributed by atoms with Crippen molar-refractivity contribution in [2.45, 2.75) is 32.9 Å². The molecule has 1 N–H and O–H groups in total. The molecule has 0 radical (unpaired) electrons. The Morgan fingerprint density at radius 3 is 2.74 bits per heavy atom. The average molecular weight is 276 g/mol. The summed E-state index contributed by atoms with van der Waals surface area (Å²) >= 11 is 1.68. The molecule has 2 rings (SSSR count). The van der Waals surface area contributed by atoms with E-state index in [1.807, 2.05) is 23.8 Å². The van der Waals surface area contributed by atoms with Crippen LogP contribution in [0.2, 0.25) is 0 Å². The Hall–Kier alpha value is -1.39. The van der Waals surface area contributed by atoms with Crippen LogP contribution in [-0.2, 0) is 13.1 Å². The highest BCUT2D eigenvalue weighted by Crippen LogP contribution is 2.13. The van der Waals surface area contributed by atoms with E-state index < -0.39 is 0 Å². The van der Waals surface area contributed by atoms with Crippen LogP contribution in [0.4, 0.5) is 0 Å². The predicted molar refractivity (Wildman–Crippen MR) is 79.5 cm³/mol. The van der Waals surface area contributed by atoms with Crippen molar-refractivity contribution in [3.8, 4) is 5.75 Å². The van der Waals surface area contributed by atoms with E-state index in [-0.39, 0.29) is 0 Å².